The van der Waals surface area contributed by atoms with E-state index >= 15 is 0 Å². The predicted molar refractivity (Wildman–Crippen MR) is 90.0 cm³/mol. The average Bonchev–Trinajstić information content (AvgIpc) is 3.09. The maximum absolute atomic E-state index is 12.0. The van der Waals surface area contributed by atoms with Gasteiger partial charge in [-0.1, -0.05) is 18.2 Å². The van der Waals surface area contributed by atoms with E-state index in [1.807, 2.05) is 31.2 Å². The molecule has 2 heterocycles. The van der Waals surface area contributed by atoms with Gasteiger partial charge in [0.05, 0.1) is 17.9 Å². The summed E-state index contributed by atoms with van der Waals surface area (Å²) >= 11 is 1.22. The molecule has 0 bridgehead atoms. The largest absolute Gasteiger partial charge is 0.484 e. The number of ether oxygens (including phenoxy) is 1. The smallest absolute Gasteiger partial charge is 0.258 e. The van der Waals surface area contributed by atoms with E-state index in [0.29, 0.717) is 0 Å². The molecule has 1 fully saturated rings. The highest BCUT2D eigenvalue weighted by Gasteiger charge is 2.22. The Morgan fingerprint density at radius 3 is 2.87 bits per heavy atom. The first kappa shape index (κ1) is 15.7. The fraction of sp³-hybridized carbons (Fsp3) is 0.438. The summed E-state index contributed by atoms with van der Waals surface area (Å²) in [6.07, 6.45) is 3.61. The first-order chi connectivity index (χ1) is 11.2. The number of carbonyl (C=O) groups is 1. The van der Waals surface area contributed by atoms with E-state index in [1.54, 1.807) is 6.20 Å². The van der Waals surface area contributed by atoms with Crippen LogP contribution in [0.25, 0.3) is 0 Å². The third kappa shape index (κ3) is 4.19. The van der Waals surface area contributed by atoms with E-state index in [-0.39, 0.29) is 18.6 Å². The van der Waals surface area contributed by atoms with Crippen LogP contribution in [0.5, 0.6) is 5.75 Å². The van der Waals surface area contributed by atoms with Crippen molar-refractivity contribution in [1.29, 1.82) is 0 Å². The number of anilines is 1. The highest BCUT2D eigenvalue weighted by Crippen LogP contribution is 2.18. The molecule has 7 heteroatoms. The molecule has 0 spiro atoms. The molecule has 1 amide bonds. The van der Waals surface area contributed by atoms with Crippen molar-refractivity contribution in [1.82, 2.24) is 14.1 Å². The minimum absolute atomic E-state index is 0.0566. The molecule has 0 atom stereocenters. The lowest BCUT2D eigenvalue weighted by Crippen LogP contribution is -2.46. The van der Waals surface area contributed by atoms with Crippen molar-refractivity contribution in [2.75, 3.05) is 24.6 Å². The SMILES string of the molecule is Cc1ccccc1OCC(=O)NC1CCN(c2cnsn2)CC1. The average molecular weight is 332 g/mol. The molecule has 1 aromatic carbocycles. The van der Waals surface area contributed by atoms with Crippen molar-refractivity contribution >= 4 is 23.5 Å². The minimum Gasteiger partial charge on any atom is -0.484 e. The second-order valence-electron chi connectivity index (χ2n) is 5.65. The van der Waals surface area contributed by atoms with Gasteiger partial charge in [-0.2, -0.15) is 8.75 Å². The quantitative estimate of drug-likeness (QED) is 0.907. The monoisotopic (exact) mass is 332 g/mol. The molecule has 0 unspecified atom stereocenters. The number of rotatable bonds is 5. The molecule has 0 radical (unpaired) electrons. The molecule has 0 aliphatic carbocycles. The lowest BCUT2D eigenvalue weighted by molar-refractivity contribution is -0.123. The van der Waals surface area contributed by atoms with Crippen LogP contribution in [0, 0.1) is 6.92 Å². The Labute approximate surface area is 139 Å². The maximum Gasteiger partial charge on any atom is 0.258 e. The molecular weight excluding hydrogens is 312 g/mol. The van der Waals surface area contributed by atoms with Crippen molar-refractivity contribution < 1.29 is 9.53 Å². The summed E-state index contributed by atoms with van der Waals surface area (Å²) in [6.45, 7) is 3.79. The van der Waals surface area contributed by atoms with Gasteiger partial charge in [0.1, 0.15) is 5.75 Å². The number of para-hydroxylation sites is 1. The van der Waals surface area contributed by atoms with Gasteiger partial charge >= 0.3 is 0 Å². The Balaban J connectivity index is 1.42. The Hall–Kier alpha value is -2.15. The van der Waals surface area contributed by atoms with Crippen molar-refractivity contribution in [2.24, 2.45) is 0 Å². The number of carbonyl (C=O) groups excluding carboxylic acids is 1. The molecule has 2 aromatic rings. The lowest BCUT2D eigenvalue weighted by atomic mass is 10.1. The van der Waals surface area contributed by atoms with Gasteiger partial charge in [-0.3, -0.25) is 4.79 Å². The fourth-order valence-corrected chi connectivity index (χ4v) is 3.12. The van der Waals surface area contributed by atoms with Crippen LogP contribution in [0.15, 0.2) is 30.5 Å². The lowest BCUT2D eigenvalue weighted by Gasteiger charge is -2.32. The number of aromatic nitrogens is 2. The van der Waals surface area contributed by atoms with E-state index in [1.165, 1.54) is 11.7 Å². The molecule has 6 nitrogen and oxygen atoms in total. The van der Waals surface area contributed by atoms with Crippen LogP contribution in [-0.2, 0) is 4.79 Å². The van der Waals surface area contributed by atoms with Crippen molar-refractivity contribution in [3.8, 4) is 5.75 Å². The molecule has 1 saturated heterocycles. The van der Waals surface area contributed by atoms with E-state index in [0.717, 1.165) is 43.1 Å². The van der Waals surface area contributed by atoms with Crippen LogP contribution < -0.4 is 15.0 Å². The van der Waals surface area contributed by atoms with Gasteiger partial charge in [0, 0.05) is 19.1 Å². The van der Waals surface area contributed by atoms with Crippen LogP contribution in [0.3, 0.4) is 0 Å². The maximum atomic E-state index is 12.0. The van der Waals surface area contributed by atoms with Crippen LogP contribution in [0.1, 0.15) is 18.4 Å². The Kier molecular flexibility index (Phi) is 5.07. The van der Waals surface area contributed by atoms with Gasteiger partial charge in [-0.15, -0.1) is 0 Å². The Morgan fingerprint density at radius 1 is 1.39 bits per heavy atom. The first-order valence-electron chi connectivity index (χ1n) is 7.72. The zero-order valence-electron chi connectivity index (χ0n) is 13.1. The number of aryl methyl sites for hydroxylation is 1. The molecule has 3 rings (SSSR count). The van der Waals surface area contributed by atoms with Crippen LogP contribution >= 0.6 is 11.7 Å². The van der Waals surface area contributed by atoms with Gasteiger partial charge in [0.2, 0.25) is 0 Å². The summed E-state index contributed by atoms with van der Waals surface area (Å²) in [6, 6.07) is 7.90. The van der Waals surface area contributed by atoms with Gasteiger partial charge in [0.25, 0.3) is 5.91 Å². The van der Waals surface area contributed by atoms with E-state index in [9.17, 15) is 4.79 Å². The van der Waals surface area contributed by atoms with Gasteiger partial charge in [-0.25, -0.2) is 0 Å². The number of amides is 1. The van der Waals surface area contributed by atoms with E-state index in [4.69, 9.17) is 4.74 Å². The van der Waals surface area contributed by atoms with Crippen LogP contribution in [0.2, 0.25) is 0 Å². The molecule has 0 saturated carbocycles. The molecular formula is C16H20N4O2S. The third-order valence-corrected chi connectivity index (χ3v) is 4.45. The molecule has 1 aliphatic rings. The summed E-state index contributed by atoms with van der Waals surface area (Å²) < 4.78 is 13.9. The summed E-state index contributed by atoms with van der Waals surface area (Å²) in [5.41, 5.74) is 1.03. The highest BCUT2D eigenvalue weighted by atomic mass is 32.1. The number of nitrogens with zero attached hydrogens (tertiary/aromatic N) is 3. The van der Waals surface area contributed by atoms with Crippen molar-refractivity contribution in [2.45, 2.75) is 25.8 Å². The normalized spacial score (nSPS) is 15.4. The zero-order chi connectivity index (χ0) is 16.1. The summed E-state index contributed by atoms with van der Waals surface area (Å²) in [5, 5.41) is 3.05. The predicted octanol–water partition coefficient (Wildman–Crippen LogP) is 2.01. The van der Waals surface area contributed by atoms with E-state index in [2.05, 4.69) is 19.0 Å². The van der Waals surface area contributed by atoms with E-state index < -0.39 is 0 Å². The van der Waals surface area contributed by atoms with Crippen molar-refractivity contribution in [3.05, 3.63) is 36.0 Å². The van der Waals surface area contributed by atoms with Gasteiger partial charge in [-0.05, 0) is 31.4 Å². The topological polar surface area (TPSA) is 67.3 Å². The zero-order valence-corrected chi connectivity index (χ0v) is 13.9. The number of nitrogens with one attached hydrogen (secondary N) is 1. The molecule has 1 aliphatic heterocycles. The minimum atomic E-state index is -0.0676. The summed E-state index contributed by atoms with van der Waals surface area (Å²) in [4.78, 5) is 14.2. The fourth-order valence-electron chi connectivity index (χ4n) is 2.68. The summed E-state index contributed by atoms with van der Waals surface area (Å²) in [5.74, 6) is 1.62. The van der Waals surface area contributed by atoms with Crippen LogP contribution in [-0.4, -0.2) is 40.4 Å². The third-order valence-electron chi connectivity index (χ3n) is 3.99. The second kappa shape index (κ2) is 7.41. The number of hydrogen-bond acceptors (Lipinski definition) is 6. The Bertz CT molecular complexity index is 639. The highest BCUT2D eigenvalue weighted by molar-refractivity contribution is 6.99. The van der Waals surface area contributed by atoms with Gasteiger partial charge in [0.15, 0.2) is 12.4 Å². The molecule has 23 heavy (non-hydrogen) atoms. The Morgan fingerprint density at radius 2 is 2.17 bits per heavy atom. The standard InChI is InChI=1S/C16H20N4O2S/c1-12-4-2-3-5-14(12)22-11-16(21)18-13-6-8-20(9-7-13)15-10-17-23-19-15/h2-5,10,13H,6-9,11H2,1H3,(H,18,21). The molecule has 1 N–H and O–H groups in total. The summed E-state index contributed by atoms with van der Waals surface area (Å²) in [7, 11) is 0. The molecule has 1 aromatic heterocycles. The number of benzene rings is 1. The first-order valence-corrected chi connectivity index (χ1v) is 8.45. The van der Waals surface area contributed by atoms with Crippen molar-refractivity contribution in [3.63, 3.8) is 0 Å². The molecule has 122 valence electrons. The van der Waals surface area contributed by atoms with Gasteiger partial charge < -0.3 is 15.0 Å². The van der Waals surface area contributed by atoms with Crippen LogP contribution in [0.4, 0.5) is 5.82 Å². The number of piperidine rings is 1. The number of hydrogen-bond donors (Lipinski definition) is 1. The second-order valence-corrected chi connectivity index (χ2v) is 6.21.